The standard InChI is InChI=1S/C55H60N30O10/c56-76-66-1-11-86-46-26-37-22-39-29-51(91-16-6-71-81-61)41(31-50(39)90-15-5-70-80-60)24-43-33-55(95-20-10-75-85-65)45(35-54(43)94-19-9-74-84-64)25-44-34-52(92-17-7-72-82-62)42(32-53(44)93-18-8-73-83-63)23-40-30-48(88-13-3-68-78-58)38(28-49(40)89-14-4-69-79-59)21-36(46)27-47(37)87-12-2-67-77-57/h26-35H,1-25H2. The second-order valence-corrected chi connectivity index (χ2v) is 19.3. The van der Waals surface area contributed by atoms with Crippen molar-refractivity contribution < 1.29 is 47.4 Å². The molecule has 0 aromatic heterocycles. The van der Waals surface area contributed by atoms with Crippen molar-refractivity contribution in [2.75, 3.05) is 132 Å². The fourth-order valence-electron chi connectivity index (χ4n) is 9.38. The highest BCUT2D eigenvalue weighted by molar-refractivity contribution is 5.60. The van der Waals surface area contributed by atoms with Gasteiger partial charge in [0.15, 0.2) is 0 Å². The molecule has 0 aliphatic heterocycles. The van der Waals surface area contributed by atoms with Gasteiger partial charge in [-0.3, -0.25) is 0 Å². The molecule has 490 valence electrons. The number of rotatable bonds is 40. The Morgan fingerprint density at radius 3 is 0.368 bits per heavy atom. The molecule has 40 nitrogen and oxygen atoms in total. The van der Waals surface area contributed by atoms with Crippen molar-refractivity contribution in [1.29, 1.82) is 0 Å². The highest BCUT2D eigenvalue weighted by atomic mass is 16.5. The number of nitrogens with zero attached hydrogens (tertiary/aromatic N) is 30. The van der Waals surface area contributed by atoms with Crippen LogP contribution in [0.1, 0.15) is 55.6 Å². The molecule has 5 aromatic carbocycles. The topological polar surface area (TPSA) is 580 Å². The lowest BCUT2D eigenvalue weighted by molar-refractivity contribution is 0.309. The average Bonchev–Trinajstić information content (AvgIpc) is 1.12. The SMILES string of the molecule is [N-]=[N+]=NCCOc1cc2c(OCCN=[N+]=[N-])cc1Cc1cc(OCCN=[N+]=[N-])c(cc1OCCN=[N+]=[N-])Cc1cc(OCCN=[N+]=[N-])c(cc1OCCN=[N+]=[N-])Cc1cc(OCCN=[N+]=[N-])c(cc1OCCN=[N+]=[N-])Cc1cc(OCCN=[N+]=[N-])c(cc1OCCN=[N+]=[N-])C2. The maximum atomic E-state index is 9.28. The summed E-state index contributed by atoms with van der Waals surface area (Å²) in [5.74, 6) is 2.72. The van der Waals surface area contributed by atoms with Crippen molar-refractivity contribution in [1.82, 2.24) is 0 Å². The molecule has 0 radical (unpaired) electrons. The summed E-state index contributed by atoms with van der Waals surface area (Å²) in [7, 11) is 0. The Morgan fingerprint density at radius 1 is 0.189 bits per heavy atom. The number of ether oxygens (including phenoxy) is 10. The number of azide groups is 10. The van der Waals surface area contributed by atoms with E-state index in [4.69, 9.17) is 47.4 Å². The fourth-order valence-corrected chi connectivity index (χ4v) is 9.38. The summed E-state index contributed by atoms with van der Waals surface area (Å²) in [4.78, 5) is 28.9. The maximum absolute atomic E-state index is 9.28. The van der Waals surface area contributed by atoms with Crippen LogP contribution in [-0.2, 0) is 32.1 Å². The van der Waals surface area contributed by atoms with Crippen molar-refractivity contribution in [3.8, 4) is 57.5 Å². The molecule has 10 bridgehead atoms. The molecule has 0 saturated heterocycles. The summed E-state index contributed by atoms with van der Waals surface area (Å²) >= 11 is 0. The Morgan fingerprint density at radius 2 is 0.284 bits per heavy atom. The van der Waals surface area contributed by atoms with E-state index in [9.17, 15) is 55.3 Å². The lowest BCUT2D eigenvalue weighted by Crippen LogP contribution is -2.11. The Kier molecular flexibility index (Phi) is 31.1. The minimum Gasteiger partial charge on any atom is -0.493 e. The van der Waals surface area contributed by atoms with Crippen molar-refractivity contribution in [3.63, 3.8) is 0 Å². The van der Waals surface area contributed by atoms with Gasteiger partial charge in [-0.1, -0.05) is 51.1 Å². The van der Waals surface area contributed by atoms with E-state index in [1.807, 2.05) is 0 Å². The molecule has 0 fully saturated rings. The summed E-state index contributed by atoms with van der Waals surface area (Å²) in [5, 5.41) is 36.9. The van der Waals surface area contributed by atoms with Gasteiger partial charge in [-0.25, -0.2) is 0 Å². The zero-order valence-corrected chi connectivity index (χ0v) is 51.0. The highest BCUT2D eigenvalue weighted by Crippen LogP contribution is 2.43. The Labute approximate surface area is 538 Å². The average molecular weight is 1300 g/mol. The first-order valence-corrected chi connectivity index (χ1v) is 28.9. The van der Waals surface area contributed by atoms with Crippen LogP contribution in [0.5, 0.6) is 57.5 Å². The number of hydrogen-bond acceptors (Lipinski definition) is 20. The van der Waals surface area contributed by atoms with E-state index < -0.39 is 0 Å². The van der Waals surface area contributed by atoms with Gasteiger partial charge in [0.25, 0.3) is 0 Å². The number of hydrogen-bond donors (Lipinski definition) is 0. The maximum Gasteiger partial charge on any atom is 0.123 e. The molecule has 10 aliphatic rings. The molecule has 15 rings (SSSR count). The second kappa shape index (κ2) is 41.5. The van der Waals surface area contributed by atoms with Gasteiger partial charge in [0.2, 0.25) is 0 Å². The van der Waals surface area contributed by atoms with Crippen LogP contribution >= 0.6 is 0 Å². The van der Waals surface area contributed by atoms with Crippen LogP contribution in [-0.4, -0.2) is 132 Å². The quantitative estimate of drug-likeness (QED) is 0.0151. The van der Waals surface area contributed by atoms with E-state index in [-0.39, 0.29) is 221 Å². The lowest BCUT2D eigenvalue weighted by Gasteiger charge is -2.22. The van der Waals surface area contributed by atoms with Crippen molar-refractivity contribution >= 4 is 0 Å². The van der Waals surface area contributed by atoms with Crippen LogP contribution in [0.25, 0.3) is 104 Å². The third-order valence-electron chi connectivity index (χ3n) is 13.2. The van der Waals surface area contributed by atoms with E-state index in [1.165, 1.54) is 0 Å². The van der Waals surface area contributed by atoms with Crippen LogP contribution in [0.2, 0.25) is 0 Å². The Bertz CT molecular complexity index is 3140. The van der Waals surface area contributed by atoms with Crippen LogP contribution in [0.3, 0.4) is 0 Å². The van der Waals surface area contributed by atoms with Gasteiger partial charge in [-0.2, -0.15) is 0 Å². The fraction of sp³-hybridized carbons (Fsp3) is 0.455. The van der Waals surface area contributed by atoms with Crippen LogP contribution < -0.4 is 47.4 Å². The van der Waals surface area contributed by atoms with Gasteiger partial charge in [0.1, 0.15) is 57.5 Å². The summed E-state index contributed by atoms with van der Waals surface area (Å²) in [6.45, 7) is -1.97. The summed E-state index contributed by atoms with van der Waals surface area (Å²) < 4.78 is 64.5. The number of benzene rings is 5. The summed E-state index contributed by atoms with van der Waals surface area (Å²) in [5.41, 5.74) is 97.6. The van der Waals surface area contributed by atoms with E-state index >= 15 is 0 Å². The Hall–Kier alpha value is -12.8. The van der Waals surface area contributed by atoms with E-state index in [0.717, 1.165) is 0 Å². The molecule has 0 saturated carbocycles. The summed E-state index contributed by atoms with van der Waals surface area (Å²) in [6.07, 6.45) is -0.00414. The van der Waals surface area contributed by atoms with Gasteiger partial charge in [-0.05, 0) is 116 Å². The molecular formula is C55H60N30O10. The zero-order valence-electron chi connectivity index (χ0n) is 51.0. The van der Waals surface area contributed by atoms with Crippen LogP contribution in [0, 0.1) is 0 Å². The van der Waals surface area contributed by atoms with Crippen molar-refractivity contribution in [2.45, 2.75) is 32.1 Å². The van der Waals surface area contributed by atoms with Crippen LogP contribution in [0.4, 0.5) is 0 Å². The molecule has 0 amide bonds. The van der Waals surface area contributed by atoms with Gasteiger partial charge in [0.05, 0.1) is 132 Å². The van der Waals surface area contributed by atoms with Gasteiger partial charge in [-0.15, -0.1) is 0 Å². The lowest BCUT2D eigenvalue weighted by atomic mass is 9.94. The molecular weight excluding hydrogens is 1240 g/mol. The first-order valence-electron chi connectivity index (χ1n) is 28.9. The molecule has 40 heteroatoms. The highest BCUT2D eigenvalue weighted by Gasteiger charge is 2.25. The third kappa shape index (κ3) is 23.5. The minimum absolute atomic E-state index is 0.000828. The van der Waals surface area contributed by atoms with Crippen molar-refractivity contribution in [3.05, 3.63) is 221 Å². The van der Waals surface area contributed by atoms with Crippen molar-refractivity contribution in [2.24, 2.45) is 51.1 Å². The molecule has 0 N–H and O–H groups in total. The molecule has 95 heavy (non-hydrogen) atoms. The van der Waals surface area contributed by atoms with Crippen LogP contribution in [0.15, 0.2) is 112 Å². The van der Waals surface area contributed by atoms with Gasteiger partial charge in [0, 0.05) is 137 Å². The zero-order chi connectivity index (χ0) is 67.5. The molecule has 0 atom stereocenters. The molecule has 10 aliphatic carbocycles. The monoisotopic (exact) mass is 1300 g/mol. The summed E-state index contributed by atoms with van der Waals surface area (Å²) in [6, 6.07) is 17.2. The van der Waals surface area contributed by atoms with E-state index in [0.29, 0.717) is 55.6 Å². The minimum atomic E-state index is -0.108. The first kappa shape index (κ1) is 71.3. The predicted molar refractivity (Wildman–Crippen MR) is 341 cm³/mol. The Balaban J connectivity index is 1.81. The largest absolute Gasteiger partial charge is 0.493 e. The predicted octanol–water partition coefficient (Wildman–Crippen LogP) is 14.8. The third-order valence-corrected chi connectivity index (χ3v) is 13.2. The van der Waals surface area contributed by atoms with Gasteiger partial charge >= 0.3 is 0 Å². The smallest absolute Gasteiger partial charge is 0.123 e. The normalized spacial score (nSPS) is 10.7. The molecule has 0 heterocycles. The second-order valence-electron chi connectivity index (χ2n) is 19.3. The molecule has 0 spiro atoms. The molecule has 0 unspecified atom stereocenters. The first-order chi connectivity index (χ1) is 46.7. The molecule has 5 aromatic rings. The van der Waals surface area contributed by atoms with E-state index in [2.05, 4.69) is 100 Å². The van der Waals surface area contributed by atoms with Gasteiger partial charge < -0.3 is 47.4 Å². The van der Waals surface area contributed by atoms with E-state index in [1.54, 1.807) is 60.7 Å².